The van der Waals surface area contributed by atoms with E-state index in [-0.39, 0.29) is 0 Å². The highest BCUT2D eigenvalue weighted by atomic mass is 32.1. The van der Waals surface area contributed by atoms with Crippen LogP contribution in [0.4, 0.5) is 5.13 Å². The first kappa shape index (κ1) is 11.2. The van der Waals surface area contributed by atoms with E-state index in [1.54, 1.807) is 22.7 Å². The van der Waals surface area contributed by atoms with E-state index in [0.29, 0.717) is 11.0 Å². The highest BCUT2D eigenvalue weighted by Gasteiger charge is 2.22. The molecule has 0 spiro atoms. The van der Waals surface area contributed by atoms with Crippen LogP contribution in [0.2, 0.25) is 0 Å². The van der Waals surface area contributed by atoms with Crippen LogP contribution in [0.1, 0.15) is 42.9 Å². The summed E-state index contributed by atoms with van der Waals surface area (Å²) in [6.45, 7) is 0. The molecule has 4 heteroatoms. The van der Waals surface area contributed by atoms with Crippen molar-refractivity contribution in [2.75, 3.05) is 5.73 Å². The Morgan fingerprint density at radius 1 is 1.24 bits per heavy atom. The Labute approximate surface area is 110 Å². The van der Waals surface area contributed by atoms with Gasteiger partial charge in [0, 0.05) is 15.8 Å². The molecular weight excluding hydrogens is 248 g/mol. The van der Waals surface area contributed by atoms with Gasteiger partial charge in [0.1, 0.15) is 0 Å². The summed E-state index contributed by atoms with van der Waals surface area (Å²) in [5.41, 5.74) is 8.28. The average molecular weight is 264 g/mol. The highest BCUT2D eigenvalue weighted by molar-refractivity contribution is 7.16. The normalized spacial score (nSPS) is 17.4. The van der Waals surface area contributed by atoms with Crippen LogP contribution in [-0.2, 0) is 0 Å². The van der Waals surface area contributed by atoms with Crippen LogP contribution >= 0.6 is 22.7 Å². The van der Waals surface area contributed by atoms with Crippen molar-refractivity contribution in [2.45, 2.75) is 38.0 Å². The fourth-order valence-corrected chi connectivity index (χ4v) is 4.26. The van der Waals surface area contributed by atoms with Gasteiger partial charge in [-0.1, -0.05) is 19.3 Å². The number of hydrogen-bond donors (Lipinski definition) is 1. The number of hydrogen-bond acceptors (Lipinski definition) is 4. The summed E-state index contributed by atoms with van der Waals surface area (Å²) >= 11 is 3.41. The lowest BCUT2D eigenvalue weighted by atomic mass is 9.87. The van der Waals surface area contributed by atoms with Crippen molar-refractivity contribution in [3.05, 3.63) is 21.7 Å². The standard InChI is InChI=1S/C13H16N2S2/c14-13-15-11(10-6-7-16-8-10)12(17-13)9-4-2-1-3-5-9/h6-9H,1-5H2,(H2,14,15). The molecule has 0 saturated heterocycles. The molecule has 0 atom stereocenters. The monoisotopic (exact) mass is 264 g/mol. The van der Waals surface area contributed by atoms with E-state index in [9.17, 15) is 0 Å². The predicted octanol–water partition coefficient (Wildman–Crippen LogP) is 4.50. The third-order valence-electron chi connectivity index (χ3n) is 3.44. The van der Waals surface area contributed by atoms with Crippen molar-refractivity contribution in [2.24, 2.45) is 0 Å². The van der Waals surface area contributed by atoms with Gasteiger partial charge < -0.3 is 5.73 Å². The molecule has 17 heavy (non-hydrogen) atoms. The molecule has 2 nitrogen and oxygen atoms in total. The number of nitrogens with two attached hydrogens (primary N) is 1. The summed E-state index contributed by atoms with van der Waals surface area (Å²) in [5, 5.41) is 4.99. The third kappa shape index (κ3) is 2.24. The maximum atomic E-state index is 5.90. The number of rotatable bonds is 2. The molecule has 0 aromatic carbocycles. The van der Waals surface area contributed by atoms with Gasteiger partial charge in [0.25, 0.3) is 0 Å². The van der Waals surface area contributed by atoms with Crippen LogP contribution in [-0.4, -0.2) is 4.98 Å². The van der Waals surface area contributed by atoms with E-state index >= 15 is 0 Å². The van der Waals surface area contributed by atoms with Gasteiger partial charge in [-0.25, -0.2) is 4.98 Å². The summed E-state index contributed by atoms with van der Waals surface area (Å²) in [7, 11) is 0. The molecule has 0 amide bonds. The highest BCUT2D eigenvalue weighted by Crippen LogP contribution is 2.42. The molecule has 1 aliphatic carbocycles. The minimum atomic E-state index is 0.688. The molecule has 2 aromatic rings. The first-order chi connectivity index (χ1) is 8.34. The predicted molar refractivity (Wildman–Crippen MR) is 75.7 cm³/mol. The number of nitrogen functional groups attached to an aromatic ring is 1. The molecule has 1 saturated carbocycles. The smallest absolute Gasteiger partial charge is 0.180 e. The maximum Gasteiger partial charge on any atom is 0.180 e. The second kappa shape index (κ2) is 4.78. The second-order valence-electron chi connectivity index (χ2n) is 4.61. The minimum Gasteiger partial charge on any atom is -0.375 e. The van der Waals surface area contributed by atoms with E-state index in [0.717, 1.165) is 5.69 Å². The van der Waals surface area contributed by atoms with Crippen molar-refractivity contribution in [1.82, 2.24) is 4.98 Å². The zero-order valence-corrected chi connectivity index (χ0v) is 11.3. The van der Waals surface area contributed by atoms with E-state index < -0.39 is 0 Å². The van der Waals surface area contributed by atoms with Crippen molar-refractivity contribution in [3.8, 4) is 11.3 Å². The van der Waals surface area contributed by atoms with E-state index in [4.69, 9.17) is 5.73 Å². The van der Waals surface area contributed by atoms with Crippen molar-refractivity contribution >= 4 is 27.8 Å². The lowest BCUT2D eigenvalue weighted by Gasteiger charge is -2.20. The van der Waals surface area contributed by atoms with Gasteiger partial charge in [0.2, 0.25) is 0 Å². The van der Waals surface area contributed by atoms with Gasteiger partial charge in [-0.2, -0.15) is 11.3 Å². The number of thiazole rings is 1. The van der Waals surface area contributed by atoms with Crippen molar-refractivity contribution in [3.63, 3.8) is 0 Å². The van der Waals surface area contributed by atoms with Gasteiger partial charge in [-0.15, -0.1) is 11.3 Å². The van der Waals surface area contributed by atoms with Gasteiger partial charge in [-0.05, 0) is 30.2 Å². The molecule has 2 aromatic heterocycles. The van der Waals surface area contributed by atoms with Crippen molar-refractivity contribution in [1.29, 1.82) is 0 Å². The van der Waals surface area contributed by atoms with Gasteiger partial charge >= 0.3 is 0 Å². The van der Waals surface area contributed by atoms with Crippen LogP contribution in [0.25, 0.3) is 11.3 Å². The molecule has 1 fully saturated rings. The fraction of sp³-hybridized carbons (Fsp3) is 0.462. The molecule has 2 heterocycles. The van der Waals surface area contributed by atoms with E-state index in [1.165, 1.54) is 42.5 Å². The van der Waals surface area contributed by atoms with E-state index in [1.807, 2.05) is 0 Å². The molecule has 1 aliphatic rings. The molecule has 0 unspecified atom stereocenters. The lowest BCUT2D eigenvalue weighted by Crippen LogP contribution is -2.03. The number of anilines is 1. The SMILES string of the molecule is Nc1nc(-c2ccsc2)c(C2CCCCC2)s1. The zero-order valence-electron chi connectivity index (χ0n) is 9.69. The van der Waals surface area contributed by atoms with E-state index in [2.05, 4.69) is 21.8 Å². The summed E-state index contributed by atoms with van der Waals surface area (Å²) in [4.78, 5) is 5.95. The topological polar surface area (TPSA) is 38.9 Å². The molecule has 0 radical (unpaired) electrons. The summed E-state index contributed by atoms with van der Waals surface area (Å²) in [5.74, 6) is 0.688. The number of aromatic nitrogens is 1. The molecular formula is C13H16N2S2. The fourth-order valence-electron chi connectivity index (χ4n) is 2.60. The number of nitrogens with zero attached hydrogens (tertiary/aromatic N) is 1. The Hall–Kier alpha value is -0.870. The second-order valence-corrected chi connectivity index (χ2v) is 6.45. The van der Waals surface area contributed by atoms with Crippen LogP contribution < -0.4 is 5.73 Å². The maximum absolute atomic E-state index is 5.90. The van der Waals surface area contributed by atoms with Crippen LogP contribution in [0.15, 0.2) is 16.8 Å². The molecule has 2 N–H and O–H groups in total. The molecule has 0 aliphatic heterocycles. The van der Waals surface area contributed by atoms with Crippen LogP contribution in [0.3, 0.4) is 0 Å². The Morgan fingerprint density at radius 3 is 2.76 bits per heavy atom. The Balaban J connectivity index is 1.98. The quantitative estimate of drug-likeness (QED) is 0.867. The summed E-state index contributed by atoms with van der Waals surface area (Å²) in [6, 6.07) is 2.14. The zero-order chi connectivity index (χ0) is 11.7. The van der Waals surface area contributed by atoms with Crippen LogP contribution in [0.5, 0.6) is 0 Å². The lowest BCUT2D eigenvalue weighted by molar-refractivity contribution is 0.448. The number of thiophene rings is 1. The van der Waals surface area contributed by atoms with Gasteiger partial charge in [0.05, 0.1) is 5.69 Å². The molecule has 3 rings (SSSR count). The average Bonchev–Trinajstić information content (AvgIpc) is 2.98. The summed E-state index contributed by atoms with van der Waals surface area (Å²) in [6.07, 6.45) is 6.70. The van der Waals surface area contributed by atoms with Crippen molar-refractivity contribution < 1.29 is 0 Å². The van der Waals surface area contributed by atoms with Crippen LogP contribution in [0, 0.1) is 0 Å². The van der Waals surface area contributed by atoms with Gasteiger partial charge in [0.15, 0.2) is 5.13 Å². The first-order valence-electron chi connectivity index (χ1n) is 6.13. The third-order valence-corrected chi connectivity index (χ3v) is 5.17. The molecule has 90 valence electrons. The Morgan fingerprint density at radius 2 is 2.06 bits per heavy atom. The largest absolute Gasteiger partial charge is 0.375 e. The minimum absolute atomic E-state index is 0.688. The summed E-state index contributed by atoms with van der Waals surface area (Å²) < 4.78 is 0. The Bertz CT molecular complexity index is 481. The Kier molecular flexibility index (Phi) is 3.16. The van der Waals surface area contributed by atoms with Gasteiger partial charge in [-0.3, -0.25) is 0 Å². The molecule has 0 bridgehead atoms. The first-order valence-corrected chi connectivity index (χ1v) is 7.89.